The zero-order chi connectivity index (χ0) is 15.1. The minimum absolute atomic E-state index is 0.172. The molecule has 0 aliphatic carbocycles. The van der Waals surface area contributed by atoms with Crippen molar-refractivity contribution in [1.82, 2.24) is 4.72 Å². The fourth-order valence-electron chi connectivity index (χ4n) is 1.65. The van der Waals surface area contributed by atoms with Gasteiger partial charge in [0.2, 0.25) is 10.0 Å². The van der Waals surface area contributed by atoms with Crippen molar-refractivity contribution >= 4 is 21.8 Å². The van der Waals surface area contributed by atoms with Crippen molar-refractivity contribution < 1.29 is 8.42 Å². The second-order valence-corrected chi connectivity index (χ2v) is 7.13. The van der Waals surface area contributed by atoms with Gasteiger partial charge in [-0.05, 0) is 36.4 Å². The molecule has 2 rings (SSSR count). The van der Waals surface area contributed by atoms with Crippen LogP contribution in [0.25, 0.3) is 0 Å². The molecule has 6 heteroatoms. The third kappa shape index (κ3) is 4.60. The van der Waals surface area contributed by atoms with E-state index in [9.17, 15) is 8.42 Å². The van der Waals surface area contributed by atoms with Gasteiger partial charge in [-0.2, -0.15) is 5.26 Å². The highest BCUT2D eigenvalue weighted by Crippen LogP contribution is 2.16. The van der Waals surface area contributed by atoms with Crippen molar-refractivity contribution in [2.75, 3.05) is 12.3 Å². The van der Waals surface area contributed by atoms with Gasteiger partial charge in [0, 0.05) is 17.2 Å². The van der Waals surface area contributed by atoms with E-state index in [1.54, 1.807) is 11.8 Å². The minimum atomic E-state index is -3.51. The van der Waals surface area contributed by atoms with Gasteiger partial charge >= 0.3 is 0 Å². The Bertz CT molecular complexity index is 721. The second-order valence-electron chi connectivity index (χ2n) is 4.20. The predicted octanol–water partition coefficient (Wildman–Crippen LogP) is 2.63. The molecule has 0 saturated heterocycles. The molecule has 108 valence electrons. The van der Waals surface area contributed by atoms with E-state index in [1.807, 2.05) is 36.4 Å². The van der Waals surface area contributed by atoms with Crippen LogP contribution < -0.4 is 4.72 Å². The van der Waals surface area contributed by atoms with E-state index < -0.39 is 10.0 Å². The molecule has 2 aromatic rings. The van der Waals surface area contributed by atoms with Crippen LogP contribution in [0.5, 0.6) is 0 Å². The molecule has 2 aromatic carbocycles. The van der Waals surface area contributed by atoms with Gasteiger partial charge in [-0.25, -0.2) is 13.1 Å². The SMILES string of the molecule is N#Cc1ccc(S(=O)(=O)NCCSc2ccccc2)cc1. The van der Waals surface area contributed by atoms with Crippen LogP contribution in [-0.4, -0.2) is 20.7 Å². The van der Waals surface area contributed by atoms with Crippen molar-refractivity contribution in [1.29, 1.82) is 5.26 Å². The van der Waals surface area contributed by atoms with Crippen LogP contribution in [0.4, 0.5) is 0 Å². The Morgan fingerprint density at radius 3 is 2.33 bits per heavy atom. The molecule has 0 aromatic heterocycles. The Hall–Kier alpha value is -1.81. The normalized spacial score (nSPS) is 11.0. The van der Waals surface area contributed by atoms with Crippen molar-refractivity contribution in [3.63, 3.8) is 0 Å². The number of nitrogens with zero attached hydrogens (tertiary/aromatic N) is 1. The van der Waals surface area contributed by atoms with Gasteiger partial charge in [-0.1, -0.05) is 18.2 Å². The number of benzene rings is 2. The van der Waals surface area contributed by atoms with Crippen LogP contribution in [0.3, 0.4) is 0 Å². The zero-order valence-electron chi connectivity index (χ0n) is 11.2. The van der Waals surface area contributed by atoms with Crippen LogP contribution in [-0.2, 0) is 10.0 Å². The topological polar surface area (TPSA) is 70.0 Å². The average Bonchev–Trinajstić information content (AvgIpc) is 2.53. The Labute approximate surface area is 128 Å². The lowest BCUT2D eigenvalue weighted by Gasteiger charge is -2.06. The van der Waals surface area contributed by atoms with Gasteiger partial charge in [0.25, 0.3) is 0 Å². The molecule has 0 radical (unpaired) electrons. The summed E-state index contributed by atoms with van der Waals surface area (Å²) >= 11 is 1.59. The Balaban J connectivity index is 1.88. The summed E-state index contributed by atoms with van der Waals surface area (Å²) in [5.41, 5.74) is 0.439. The lowest BCUT2D eigenvalue weighted by atomic mass is 10.2. The maximum atomic E-state index is 12.0. The highest BCUT2D eigenvalue weighted by molar-refractivity contribution is 7.99. The van der Waals surface area contributed by atoms with E-state index in [4.69, 9.17) is 5.26 Å². The molecule has 0 atom stereocenters. The maximum absolute atomic E-state index is 12.0. The average molecular weight is 318 g/mol. The second kappa shape index (κ2) is 7.27. The first-order valence-corrected chi connectivity index (χ1v) is 8.76. The minimum Gasteiger partial charge on any atom is -0.210 e. The number of hydrogen-bond acceptors (Lipinski definition) is 4. The molecule has 4 nitrogen and oxygen atoms in total. The molecule has 0 aliphatic rings. The summed E-state index contributed by atoms with van der Waals surface area (Å²) in [5.74, 6) is 0.652. The summed E-state index contributed by atoms with van der Waals surface area (Å²) in [7, 11) is -3.51. The number of rotatable bonds is 6. The molecule has 0 aliphatic heterocycles. The Morgan fingerprint density at radius 2 is 1.71 bits per heavy atom. The lowest BCUT2D eigenvalue weighted by molar-refractivity contribution is 0.584. The first-order valence-electron chi connectivity index (χ1n) is 6.29. The number of nitrogens with one attached hydrogen (secondary N) is 1. The fraction of sp³-hybridized carbons (Fsp3) is 0.133. The molecule has 21 heavy (non-hydrogen) atoms. The summed E-state index contributed by atoms with van der Waals surface area (Å²) in [6.45, 7) is 0.349. The third-order valence-electron chi connectivity index (χ3n) is 2.70. The van der Waals surface area contributed by atoms with E-state index in [1.165, 1.54) is 24.3 Å². The van der Waals surface area contributed by atoms with Crippen LogP contribution in [0.1, 0.15) is 5.56 Å². The number of thioether (sulfide) groups is 1. The Morgan fingerprint density at radius 1 is 1.05 bits per heavy atom. The van der Waals surface area contributed by atoms with Crippen molar-refractivity contribution in [3.05, 3.63) is 60.2 Å². The summed E-state index contributed by atoms with van der Waals surface area (Å²) in [4.78, 5) is 1.28. The van der Waals surface area contributed by atoms with Gasteiger partial charge in [-0.3, -0.25) is 0 Å². The molecule has 0 unspecified atom stereocenters. The molecular weight excluding hydrogens is 304 g/mol. The van der Waals surface area contributed by atoms with Crippen LogP contribution in [0, 0.1) is 11.3 Å². The summed E-state index contributed by atoms with van der Waals surface area (Å²) in [5, 5.41) is 8.70. The van der Waals surface area contributed by atoms with Crippen molar-refractivity contribution in [2.45, 2.75) is 9.79 Å². The molecule has 0 fully saturated rings. The van der Waals surface area contributed by atoms with Crippen LogP contribution >= 0.6 is 11.8 Å². The highest BCUT2D eigenvalue weighted by atomic mass is 32.2. The summed E-state index contributed by atoms with van der Waals surface area (Å²) < 4.78 is 26.6. The quantitative estimate of drug-likeness (QED) is 0.656. The van der Waals surface area contributed by atoms with Gasteiger partial charge in [0.15, 0.2) is 0 Å². The number of hydrogen-bond donors (Lipinski definition) is 1. The summed E-state index contributed by atoms with van der Waals surface area (Å²) in [6.07, 6.45) is 0. The Kier molecular flexibility index (Phi) is 5.39. The lowest BCUT2D eigenvalue weighted by Crippen LogP contribution is -2.26. The molecule has 1 N–H and O–H groups in total. The molecule has 0 heterocycles. The standard InChI is InChI=1S/C15H14N2O2S2/c16-12-13-6-8-15(9-7-13)21(18,19)17-10-11-20-14-4-2-1-3-5-14/h1-9,17H,10-11H2. The molecular formula is C15H14N2O2S2. The van der Waals surface area contributed by atoms with E-state index in [0.29, 0.717) is 17.9 Å². The van der Waals surface area contributed by atoms with Crippen LogP contribution in [0.2, 0.25) is 0 Å². The van der Waals surface area contributed by atoms with Gasteiger partial charge in [-0.15, -0.1) is 11.8 Å². The largest absolute Gasteiger partial charge is 0.240 e. The van der Waals surface area contributed by atoms with E-state index in [0.717, 1.165) is 4.90 Å². The van der Waals surface area contributed by atoms with E-state index >= 15 is 0 Å². The predicted molar refractivity (Wildman–Crippen MR) is 83.5 cm³/mol. The van der Waals surface area contributed by atoms with Gasteiger partial charge < -0.3 is 0 Å². The summed E-state index contributed by atoms with van der Waals surface area (Å²) in [6, 6.07) is 17.6. The van der Waals surface area contributed by atoms with E-state index in [2.05, 4.69) is 4.72 Å². The van der Waals surface area contributed by atoms with Gasteiger partial charge in [0.05, 0.1) is 16.5 Å². The van der Waals surface area contributed by atoms with Gasteiger partial charge in [0.1, 0.15) is 0 Å². The maximum Gasteiger partial charge on any atom is 0.240 e. The monoisotopic (exact) mass is 318 g/mol. The number of nitriles is 1. The smallest absolute Gasteiger partial charge is 0.210 e. The van der Waals surface area contributed by atoms with Crippen molar-refractivity contribution in [3.8, 4) is 6.07 Å². The first kappa shape index (κ1) is 15.6. The molecule has 0 bridgehead atoms. The number of sulfonamides is 1. The molecule has 0 amide bonds. The third-order valence-corrected chi connectivity index (χ3v) is 5.19. The fourth-order valence-corrected chi connectivity index (χ4v) is 3.60. The van der Waals surface area contributed by atoms with Crippen molar-refractivity contribution in [2.24, 2.45) is 0 Å². The first-order chi connectivity index (χ1) is 10.1. The highest BCUT2D eigenvalue weighted by Gasteiger charge is 2.12. The van der Waals surface area contributed by atoms with Crippen LogP contribution in [0.15, 0.2) is 64.4 Å². The zero-order valence-corrected chi connectivity index (χ0v) is 12.8. The van der Waals surface area contributed by atoms with E-state index in [-0.39, 0.29) is 4.90 Å². The molecule has 0 spiro atoms. The molecule has 0 saturated carbocycles.